The van der Waals surface area contributed by atoms with E-state index in [0.29, 0.717) is 36.4 Å². The van der Waals surface area contributed by atoms with Gasteiger partial charge >= 0.3 is 0 Å². The SMILES string of the molecule is CCOc1cc(F)c(Cn2nc(C3=NCC=C(N)N3)c(C)c2C2CC2)c(F)c1. The average molecular weight is 387 g/mol. The van der Waals surface area contributed by atoms with Gasteiger partial charge in [-0.15, -0.1) is 0 Å². The molecule has 2 aromatic rings. The summed E-state index contributed by atoms with van der Waals surface area (Å²) >= 11 is 0. The number of hydrogen-bond donors (Lipinski definition) is 2. The van der Waals surface area contributed by atoms with E-state index < -0.39 is 11.6 Å². The fourth-order valence-electron chi connectivity index (χ4n) is 3.51. The Kier molecular flexibility index (Phi) is 4.78. The van der Waals surface area contributed by atoms with Crippen molar-refractivity contribution >= 4 is 5.84 Å². The van der Waals surface area contributed by atoms with E-state index >= 15 is 0 Å². The third-order valence-electron chi connectivity index (χ3n) is 4.98. The summed E-state index contributed by atoms with van der Waals surface area (Å²) < 4.78 is 36.0. The highest BCUT2D eigenvalue weighted by Gasteiger charge is 2.32. The number of halogens is 2. The van der Waals surface area contributed by atoms with Gasteiger partial charge in [-0.05, 0) is 32.8 Å². The van der Waals surface area contributed by atoms with E-state index in [-0.39, 0.29) is 17.9 Å². The van der Waals surface area contributed by atoms with Crippen LogP contribution in [0.15, 0.2) is 29.0 Å². The van der Waals surface area contributed by atoms with E-state index in [9.17, 15) is 8.78 Å². The summed E-state index contributed by atoms with van der Waals surface area (Å²) in [4.78, 5) is 4.43. The number of nitrogens with two attached hydrogens (primary N) is 1. The molecule has 3 N–H and O–H groups in total. The van der Waals surface area contributed by atoms with Gasteiger partial charge in [-0.25, -0.2) is 8.78 Å². The van der Waals surface area contributed by atoms with Gasteiger partial charge in [-0.3, -0.25) is 9.67 Å². The molecule has 1 aromatic heterocycles. The second-order valence-electron chi connectivity index (χ2n) is 7.06. The van der Waals surface area contributed by atoms with Gasteiger partial charge in [0.1, 0.15) is 23.1 Å². The summed E-state index contributed by atoms with van der Waals surface area (Å²) in [5, 5.41) is 7.67. The number of aromatic nitrogens is 2. The lowest BCUT2D eigenvalue weighted by Crippen LogP contribution is -2.32. The third kappa shape index (κ3) is 3.46. The number of amidine groups is 1. The molecule has 1 saturated carbocycles. The van der Waals surface area contributed by atoms with Crippen LogP contribution >= 0.6 is 0 Å². The number of nitrogens with zero attached hydrogens (tertiary/aromatic N) is 3. The van der Waals surface area contributed by atoms with Crippen molar-refractivity contribution in [3.05, 3.63) is 58.2 Å². The second kappa shape index (κ2) is 7.26. The molecule has 28 heavy (non-hydrogen) atoms. The summed E-state index contributed by atoms with van der Waals surface area (Å²) in [6.07, 6.45) is 3.87. The van der Waals surface area contributed by atoms with Gasteiger partial charge in [-0.2, -0.15) is 5.10 Å². The van der Waals surface area contributed by atoms with Crippen molar-refractivity contribution in [2.75, 3.05) is 13.2 Å². The van der Waals surface area contributed by atoms with Gasteiger partial charge in [0.05, 0.1) is 25.5 Å². The lowest BCUT2D eigenvalue weighted by atomic mass is 10.1. The highest BCUT2D eigenvalue weighted by Crippen LogP contribution is 2.42. The zero-order valence-electron chi connectivity index (χ0n) is 15.9. The van der Waals surface area contributed by atoms with Crippen LogP contribution in [0.4, 0.5) is 8.78 Å². The van der Waals surface area contributed by atoms with Crippen molar-refractivity contribution in [2.24, 2.45) is 10.7 Å². The van der Waals surface area contributed by atoms with Gasteiger partial charge in [0, 0.05) is 34.9 Å². The normalized spacial score (nSPS) is 16.4. The summed E-state index contributed by atoms with van der Waals surface area (Å²) in [5.74, 6) is 0.373. The standard InChI is InChI=1S/C20H23F2N5O/c1-3-28-13-8-15(21)14(16(22)9-13)10-27-19(12-4-5-12)11(2)18(26-27)20-24-7-6-17(23)25-20/h6,8-9,12H,3-5,7,10,23H2,1-2H3,(H,24,25). The lowest BCUT2D eigenvalue weighted by molar-refractivity contribution is 0.335. The van der Waals surface area contributed by atoms with E-state index in [1.807, 2.05) is 6.92 Å². The average Bonchev–Trinajstić information content (AvgIpc) is 3.42. The smallest absolute Gasteiger partial charge is 0.155 e. The summed E-state index contributed by atoms with van der Waals surface area (Å²) in [7, 11) is 0. The molecule has 4 rings (SSSR count). The number of benzene rings is 1. The van der Waals surface area contributed by atoms with Crippen molar-refractivity contribution in [2.45, 2.75) is 39.2 Å². The van der Waals surface area contributed by atoms with Crippen molar-refractivity contribution in [1.29, 1.82) is 0 Å². The van der Waals surface area contributed by atoms with Gasteiger partial charge < -0.3 is 15.8 Å². The quantitative estimate of drug-likeness (QED) is 0.799. The first-order valence-corrected chi connectivity index (χ1v) is 9.43. The Bertz CT molecular complexity index is 952. The maximum absolute atomic E-state index is 14.6. The number of ether oxygens (including phenoxy) is 1. The molecule has 1 aromatic carbocycles. The Morgan fingerprint density at radius 1 is 1.29 bits per heavy atom. The van der Waals surface area contributed by atoms with E-state index in [2.05, 4.69) is 15.4 Å². The summed E-state index contributed by atoms with van der Waals surface area (Å²) in [5.41, 5.74) is 8.46. The molecule has 1 aliphatic carbocycles. The third-order valence-corrected chi connectivity index (χ3v) is 4.98. The largest absolute Gasteiger partial charge is 0.494 e. The van der Waals surface area contributed by atoms with Crippen LogP contribution in [-0.4, -0.2) is 28.8 Å². The Balaban J connectivity index is 1.71. The number of nitrogens with one attached hydrogen (secondary N) is 1. The molecule has 6 nitrogen and oxygen atoms in total. The van der Waals surface area contributed by atoms with Gasteiger partial charge in [0.25, 0.3) is 0 Å². The molecule has 1 aliphatic heterocycles. The van der Waals surface area contributed by atoms with E-state index in [0.717, 1.165) is 24.1 Å². The molecule has 0 amide bonds. The first-order valence-electron chi connectivity index (χ1n) is 9.43. The van der Waals surface area contributed by atoms with Crippen molar-refractivity contribution < 1.29 is 13.5 Å². The lowest BCUT2D eigenvalue weighted by Gasteiger charge is -2.12. The molecule has 148 valence electrons. The molecule has 0 saturated heterocycles. The molecule has 8 heteroatoms. The first kappa shape index (κ1) is 18.5. The molecular formula is C20H23F2N5O. The van der Waals surface area contributed by atoms with E-state index in [1.165, 1.54) is 12.1 Å². The molecule has 0 bridgehead atoms. The zero-order chi connectivity index (χ0) is 19.8. The minimum absolute atomic E-state index is 0.00927. The minimum atomic E-state index is -0.639. The number of rotatable bonds is 6. The van der Waals surface area contributed by atoms with Gasteiger partial charge in [0.2, 0.25) is 0 Å². The fourth-order valence-corrected chi connectivity index (χ4v) is 3.51. The minimum Gasteiger partial charge on any atom is -0.494 e. The molecular weight excluding hydrogens is 364 g/mol. The molecule has 2 heterocycles. The maximum Gasteiger partial charge on any atom is 0.155 e. The van der Waals surface area contributed by atoms with Crippen molar-refractivity contribution in [1.82, 2.24) is 15.1 Å². The Morgan fingerprint density at radius 2 is 2.00 bits per heavy atom. The fraction of sp³-hybridized carbons (Fsp3) is 0.400. The second-order valence-corrected chi connectivity index (χ2v) is 7.06. The molecule has 0 radical (unpaired) electrons. The maximum atomic E-state index is 14.6. The highest BCUT2D eigenvalue weighted by molar-refractivity contribution is 6.00. The van der Waals surface area contributed by atoms with Gasteiger partial charge in [-0.1, -0.05) is 0 Å². The van der Waals surface area contributed by atoms with Crippen LogP contribution in [0.3, 0.4) is 0 Å². The Labute approximate surface area is 162 Å². The molecule has 0 spiro atoms. The van der Waals surface area contributed by atoms with Crippen LogP contribution in [0.25, 0.3) is 0 Å². The molecule has 0 unspecified atom stereocenters. The Morgan fingerprint density at radius 3 is 2.61 bits per heavy atom. The van der Waals surface area contributed by atoms with Crippen LogP contribution in [0.5, 0.6) is 5.75 Å². The zero-order valence-corrected chi connectivity index (χ0v) is 15.9. The van der Waals surface area contributed by atoms with Crippen LogP contribution < -0.4 is 15.8 Å². The van der Waals surface area contributed by atoms with E-state index in [1.54, 1.807) is 17.7 Å². The van der Waals surface area contributed by atoms with Gasteiger partial charge in [0.15, 0.2) is 5.84 Å². The monoisotopic (exact) mass is 387 g/mol. The van der Waals surface area contributed by atoms with Crippen molar-refractivity contribution in [3.8, 4) is 5.75 Å². The van der Waals surface area contributed by atoms with Crippen molar-refractivity contribution in [3.63, 3.8) is 0 Å². The van der Waals surface area contributed by atoms with Crippen LogP contribution in [0.2, 0.25) is 0 Å². The summed E-state index contributed by atoms with van der Waals surface area (Å²) in [6.45, 7) is 4.56. The Hall–Kier alpha value is -2.90. The summed E-state index contributed by atoms with van der Waals surface area (Å²) in [6, 6.07) is 2.43. The van der Waals surface area contributed by atoms with Crippen LogP contribution in [0, 0.1) is 18.6 Å². The topological polar surface area (TPSA) is 77.5 Å². The number of hydrogen-bond acceptors (Lipinski definition) is 5. The van der Waals surface area contributed by atoms with Crippen LogP contribution in [0.1, 0.15) is 48.2 Å². The number of aliphatic imine (C=N–C) groups is 1. The predicted octanol–water partition coefficient (Wildman–Crippen LogP) is 2.94. The molecule has 1 fully saturated rings. The van der Waals surface area contributed by atoms with Crippen LogP contribution in [-0.2, 0) is 6.54 Å². The highest BCUT2D eigenvalue weighted by atomic mass is 19.1. The van der Waals surface area contributed by atoms with E-state index in [4.69, 9.17) is 10.5 Å². The molecule has 0 atom stereocenters. The molecule has 2 aliphatic rings. The predicted molar refractivity (Wildman–Crippen MR) is 102 cm³/mol. The first-order chi connectivity index (χ1) is 13.5.